The van der Waals surface area contributed by atoms with Crippen LogP contribution in [0.2, 0.25) is 0 Å². The predicted octanol–water partition coefficient (Wildman–Crippen LogP) is 3.70. The summed E-state index contributed by atoms with van der Waals surface area (Å²) in [5.74, 6) is 1.74. The highest BCUT2D eigenvalue weighted by molar-refractivity contribution is 5.93. The van der Waals surface area contributed by atoms with Gasteiger partial charge in [-0.3, -0.25) is 4.79 Å². The summed E-state index contributed by atoms with van der Waals surface area (Å²) in [6.45, 7) is 4.49. The number of aromatic nitrogens is 2. The molecule has 4 nitrogen and oxygen atoms in total. The molecule has 23 heavy (non-hydrogen) atoms. The summed E-state index contributed by atoms with van der Waals surface area (Å²) in [5.41, 5.74) is 1.48. The van der Waals surface area contributed by atoms with Crippen LogP contribution in [-0.2, 0) is 0 Å². The average molecular weight is 309 g/mol. The maximum atomic E-state index is 12.4. The Bertz CT molecular complexity index is 654. The van der Waals surface area contributed by atoms with E-state index in [1.54, 1.807) is 12.4 Å². The van der Waals surface area contributed by atoms with Crippen molar-refractivity contribution in [3.63, 3.8) is 0 Å². The van der Waals surface area contributed by atoms with Crippen LogP contribution in [-0.4, -0.2) is 21.9 Å². The number of hydrogen-bond acceptors (Lipinski definition) is 3. The lowest BCUT2D eigenvalue weighted by molar-refractivity contribution is 0.0890. The van der Waals surface area contributed by atoms with Gasteiger partial charge >= 0.3 is 0 Å². The molecule has 1 heterocycles. The van der Waals surface area contributed by atoms with E-state index in [2.05, 4.69) is 29.1 Å². The van der Waals surface area contributed by atoms with Gasteiger partial charge in [0.15, 0.2) is 5.82 Å². The lowest BCUT2D eigenvalue weighted by atomic mass is 9.78. The van der Waals surface area contributed by atoms with Crippen LogP contribution in [0.25, 0.3) is 11.4 Å². The highest BCUT2D eigenvalue weighted by Crippen LogP contribution is 2.29. The highest BCUT2D eigenvalue weighted by atomic mass is 16.1. The fraction of sp³-hybridized carbons (Fsp3) is 0.421. The van der Waals surface area contributed by atoms with E-state index >= 15 is 0 Å². The minimum atomic E-state index is -0.0736. The van der Waals surface area contributed by atoms with Gasteiger partial charge < -0.3 is 5.32 Å². The first-order valence-electron chi connectivity index (χ1n) is 8.33. The summed E-state index contributed by atoms with van der Waals surface area (Å²) >= 11 is 0. The molecule has 1 amide bonds. The SMILES string of the molecule is CC1CCCC(NC(=O)c2cnc(-c3ccccc3)nc2)C1C. The number of benzene rings is 1. The third-order valence-electron chi connectivity index (χ3n) is 4.97. The molecule has 120 valence electrons. The van der Waals surface area contributed by atoms with Crippen molar-refractivity contribution in [2.24, 2.45) is 11.8 Å². The molecule has 1 aliphatic rings. The lowest BCUT2D eigenvalue weighted by Crippen LogP contribution is -2.43. The number of nitrogens with one attached hydrogen (secondary N) is 1. The van der Waals surface area contributed by atoms with Crippen LogP contribution in [0.4, 0.5) is 0 Å². The average Bonchev–Trinajstić information content (AvgIpc) is 2.60. The molecule has 0 spiro atoms. The fourth-order valence-corrected chi connectivity index (χ4v) is 3.22. The third kappa shape index (κ3) is 3.58. The Kier molecular flexibility index (Phi) is 4.70. The van der Waals surface area contributed by atoms with Gasteiger partial charge in [0.2, 0.25) is 0 Å². The van der Waals surface area contributed by atoms with Crippen molar-refractivity contribution in [3.8, 4) is 11.4 Å². The van der Waals surface area contributed by atoms with E-state index < -0.39 is 0 Å². The minimum Gasteiger partial charge on any atom is -0.349 e. The maximum absolute atomic E-state index is 12.4. The summed E-state index contributed by atoms with van der Waals surface area (Å²) in [4.78, 5) is 21.1. The summed E-state index contributed by atoms with van der Waals surface area (Å²) in [6, 6.07) is 10.0. The maximum Gasteiger partial charge on any atom is 0.254 e. The second-order valence-corrected chi connectivity index (χ2v) is 6.51. The molecule has 2 aromatic rings. The number of carbonyl (C=O) groups excluding carboxylic acids is 1. The Morgan fingerprint density at radius 3 is 2.48 bits per heavy atom. The molecule has 1 aromatic heterocycles. The summed E-state index contributed by atoms with van der Waals surface area (Å²) in [7, 11) is 0. The minimum absolute atomic E-state index is 0.0736. The Morgan fingerprint density at radius 2 is 1.78 bits per heavy atom. The lowest BCUT2D eigenvalue weighted by Gasteiger charge is -2.34. The Balaban J connectivity index is 1.68. The van der Waals surface area contributed by atoms with E-state index in [1.807, 2.05) is 30.3 Å². The largest absolute Gasteiger partial charge is 0.349 e. The Hall–Kier alpha value is -2.23. The number of nitrogens with zero attached hydrogens (tertiary/aromatic N) is 2. The molecule has 0 saturated heterocycles. The van der Waals surface area contributed by atoms with Gasteiger partial charge in [0.1, 0.15) is 0 Å². The van der Waals surface area contributed by atoms with Crippen LogP contribution in [0.3, 0.4) is 0 Å². The zero-order chi connectivity index (χ0) is 16.2. The van der Waals surface area contributed by atoms with Gasteiger partial charge in [0, 0.05) is 24.0 Å². The molecule has 3 unspecified atom stereocenters. The second kappa shape index (κ2) is 6.90. The van der Waals surface area contributed by atoms with Crippen molar-refractivity contribution in [1.82, 2.24) is 15.3 Å². The van der Waals surface area contributed by atoms with E-state index in [1.165, 1.54) is 12.8 Å². The molecule has 4 heteroatoms. The molecule has 3 atom stereocenters. The second-order valence-electron chi connectivity index (χ2n) is 6.51. The zero-order valence-electron chi connectivity index (χ0n) is 13.7. The van der Waals surface area contributed by atoms with Crippen molar-refractivity contribution in [2.45, 2.75) is 39.2 Å². The van der Waals surface area contributed by atoms with Gasteiger partial charge in [-0.05, 0) is 18.3 Å². The fourth-order valence-electron chi connectivity index (χ4n) is 3.22. The smallest absolute Gasteiger partial charge is 0.254 e. The first-order chi connectivity index (χ1) is 11.1. The van der Waals surface area contributed by atoms with Gasteiger partial charge in [-0.1, -0.05) is 57.0 Å². The predicted molar refractivity (Wildman–Crippen MR) is 90.9 cm³/mol. The Morgan fingerprint density at radius 1 is 1.09 bits per heavy atom. The number of amides is 1. The van der Waals surface area contributed by atoms with Crippen LogP contribution in [0.5, 0.6) is 0 Å². The van der Waals surface area contributed by atoms with Crippen molar-refractivity contribution in [2.75, 3.05) is 0 Å². The van der Waals surface area contributed by atoms with E-state index in [9.17, 15) is 4.79 Å². The van der Waals surface area contributed by atoms with Crippen molar-refractivity contribution < 1.29 is 4.79 Å². The number of rotatable bonds is 3. The van der Waals surface area contributed by atoms with Crippen LogP contribution < -0.4 is 5.32 Å². The molecule has 0 radical (unpaired) electrons. The summed E-state index contributed by atoms with van der Waals surface area (Å²) < 4.78 is 0. The molecule has 1 aromatic carbocycles. The molecule has 1 aliphatic carbocycles. The van der Waals surface area contributed by atoms with Gasteiger partial charge in [-0.15, -0.1) is 0 Å². The van der Waals surface area contributed by atoms with Crippen molar-refractivity contribution >= 4 is 5.91 Å². The van der Waals surface area contributed by atoms with E-state index in [0.29, 0.717) is 23.2 Å². The molecular weight excluding hydrogens is 286 g/mol. The third-order valence-corrected chi connectivity index (χ3v) is 4.97. The molecule has 0 aliphatic heterocycles. The highest BCUT2D eigenvalue weighted by Gasteiger charge is 2.28. The number of hydrogen-bond donors (Lipinski definition) is 1. The topological polar surface area (TPSA) is 54.9 Å². The zero-order valence-corrected chi connectivity index (χ0v) is 13.7. The van der Waals surface area contributed by atoms with Gasteiger partial charge in [-0.2, -0.15) is 0 Å². The Labute approximate surface area is 137 Å². The summed E-state index contributed by atoms with van der Waals surface area (Å²) in [6.07, 6.45) is 6.71. The van der Waals surface area contributed by atoms with Crippen molar-refractivity contribution in [3.05, 3.63) is 48.3 Å². The monoisotopic (exact) mass is 309 g/mol. The molecular formula is C19H23N3O. The van der Waals surface area contributed by atoms with Gasteiger partial charge in [-0.25, -0.2) is 9.97 Å². The van der Waals surface area contributed by atoms with E-state index in [0.717, 1.165) is 12.0 Å². The summed E-state index contributed by atoms with van der Waals surface area (Å²) in [5, 5.41) is 3.16. The standard InChI is InChI=1S/C19H23N3O/c1-13-7-6-10-17(14(13)2)22-19(23)16-11-20-18(21-12-16)15-8-4-3-5-9-15/h3-5,8-9,11-14,17H,6-7,10H2,1-2H3,(H,22,23). The van der Waals surface area contributed by atoms with E-state index in [-0.39, 0.29) is 11.9 Å². The first-order valence-corrected chi connectivity index (χ1v) is 8.33. The molecule has 0 bridgehead atoms. The van der Waals surface area contributed by atoms with Crippen LogP contribution in [0, 0.1) is 11.8 Å². The van der Waals surface area contributed by atoms with Crippen LogP contribution in [0.15, 0.2) is 42.7 Å². The first kappa shape index (κ1) is 15.7. The van der Waals surface area contributed by atoms with Gasteiger partial charge in [0.25, 0.3) is 5.91 Å². The molecule has 1 fully saturated rings. The molecule has 1 saturated carbocycles. The number of carbonyl (C=O) groups is 1. The quantitative estimate of drug-likeness (QED) is 0.940. The van der Waals surface area contributed by atoms with Crippen molar-refractivity contribution in [1.29, 1.82) is 0 Å². The molecule has 3 rings (SSSR count). The molecule has 1 N–H and O–H groups in total. The van der Waals surface area contributed by atoms with Gasteiger partial charge in [0.05, 0.1) is 5.56 Å². The normalized spacial score (nSPS) is 24.2. The van der Waals surface area contributed by atoms with Crippen LogP contribution >= 0.6 is 0 Å². The van der Waals surface area contributed by atoms with Crippen LogP contribution in [0.1, 0.15) is 43.5 Å². The van der Waals surface area contributed by atoms with E-state index in [4.69, 9.17) is 0 Å².